The van der Waals surface area contributed by atoms with Gasteiger partial charge >= 0.3 is 0 Å². The first kappa shape index (κ1) is 37.1. The number of unbranched alkanes of at least 4 members (excludes halogenated alkanes) is 8. The average Bonchev–Trinajstić information content (AvgIpc) is 2.90. The Labute approximate surface area is 252 Å². The molecule has 0 saturated carbocycles. The molecule has 234 valence electrons. The Morgan fingerprint density at radius 2 is 1.29 bits per heavy atom. The maximum absolute atomic E-state index is 13.4. The highest BCUT2D eigenvalue weighted by atomic mass is 32.2. The second-order valence-electron chi connectivity index (χ2n) is 12.4. The third-order valence-electron chi connectivity index (χ3n) is 7.49. The summed E-state index contributed by atoms with van der Waals surface area (Å²) < 4.78 is 29.2. The van der Waals surface area contributed by atoms with Gasteiger partial charge in [-0.25, -0.2) is 13.1 Å². The lowest BCUT2D eigenvalue weighted by molar-refractivity contribution is -0.119. The Morgan fingerprint density at radius 1 is 0.780 bits per heavy atom. The first-order valence-electron chi connectivity index (χ1n) is 16.1. The van der Waals surface area contributed by atoms with Gasteiger partial charge in [-0.15, -0.1) is 0 Å². The molecule has 0 radical (unpaired) electrons. The average molecular weight is 590 g/mol. The quantitative estimate of drug-likeness (QED) is 0.110. The van der Waals surface area contributed by atoms with Crippen molar-refractivity contribution in [1.29, 1.82) is 0 Å². The summed E-state index contributed by atoms with van der Waals surface area (Å²) in [6.45, 7) is 14.4. The minimum atomic E-state index is -3.96. The van der Waals surface area contributed by atoms with E-state index in [-0.39, 0.29) is 29.3 Å². The highest BCUT2D eigenvalue weighted by molar-refractivity contribution is 7.90. The minimum absolute atomic E-state index is 0.0234. The Hall–Kier alpha value is -1.92. The lowest BCUT2D eigenvalue weighted by Crippen LogP contribution is -2.32. The second-order valence-corrected chi connectivity index (χ2v) is 14.0. The molecule has 0 spiro atoms. The largest absolute Gasteiger partial charge is 0.389 e. The number of allylic oxidation sites excluding steroid dienone is 3. The van der Waals surface area contributed by atoms with E-state index in [2.05, 4.69) is 43.7 Å². The van der Waals surface area contributed by atoms with Crippen LogP contribution in [0.25, 0.3) is 0 Å². The van der Waals surface area contributed by atoms with Crippen molar-refractivity contribution >= 4 is 15.9 Å². The van der Waals surface area contributed by atoms with Crippen molar-refractivity contribution in [2.24, 2.45) is 0 Å². The zero-order valence-electron chi connectivity index (χ0n) is 27.0. The fourth-order valence-electron chi connectivity index (χ4n) is 4.89. The van der Waals surface area contributed by atoms with Gasteiger partial charge in [0.15, 0.2) is 0 Å². The van der Waals surface area contributed by atoms with Crippen LogP contribution >= 0.6 is 0 Å². The van der Waals surface area contributed by atoms with Crippen LogP contribution in [0.4, 0.5) is 0 Å². The van der Waals surface area contributed by atoms with Gasteiger partial charge in [-0.2, -0.15) is 0 Å². The zero-order valence-corrected chi connectivity index (χ0v) is 27.9. The summed E-state index contributed by atoms with van der Waals surface area (Å²) in [5.74, 6) is -0.107. The van der Waals surface area contributed by atoms with E-state index in [1.807, 2.05) is 45.9 Å². The number of benzene rings is 1. The van der Waals surface area contributed by atoms with Crippen LogP contribution < -0.4 is 4.72 Å². The molecule has 0 aliphatic carbocycles. The third kappa shape index (κ3) is 14.7. The smallest absolute Gasteiger partial charge is 0.264 e. The summed E-state index contributed by atoms with van der Waals surface area (Å²) in [5.41, 5.74) is 2.67. The molecule has 5 nitrogen and oxygen atoms in total. The summed E-state index contributed by atoms with van der Waals surface area (Å²) >= 11 is 0. The first-order valence-corrected chi connectivity index (χ1v) is 17.6. The van der Waals surface area contributed by atoms with Gasteiger partial charge in [0, 0.05) is 6.42 Å². The Bertz CT molecular complexity index is 1020. The zero-order chi connectivity index (χ0) is 30.8. The number of sulfonamides is 1. The Balaban J connectivity index is 2.41. The molecular weight excluding hydrogens is 530 g/mol. The van der Waals surface area contributed by atoms with Crippen LogP contribution in [0.5, 0.6) is 0 Å². The number of aliphatic hydroxyl groups excluding tert-OH is 1. The number of hydrogen-bond donors (Lipinski definition) is 2. The standard InChI is InChI=1S/C35H59NO4S/c1-8-9-22-31(37)23-20-18-16-14-12-10-11-13-15-17-19-21-24-34(38)36-41(39,40)35-32(28(4)5)25-30(27(2)3)26-33(35)29(6)7/h15,17,20,23,25-29,31,37H,8-14,16,18-19,21-22,24H2,1-7H3,(H,36,38)/b17-15-,23-20-/t31-/m1/s1. The van der Waals surface area contributed by atoms with Crippen LogP contribution in [-0.2, 0) is 14.8 Å². The number of hydrogen-bond acceptors (Lipinski definition) is 4. The van der Waals surface area contributed by atoms with Crippen molar-refractivity contribution in [1.82, 2.24) is 4.72 Å². The summed E-state index contributed by atoms with van der Waals surface area (Å²) in [6, 6.07) is 3.98. The van der Waals surface area contributed by atoms with Crippen LogP contribution in [0.1, 0.15) is 166 Å². The van der Waals surface area contributed by atoms with E-state index < -0.39 is 15.9 Å². The van der Waals surface area contributed by atoms with Gasteiger partial charge in [0.05, 0.1) is 11.0 Å². The Kier molecular flexibility index (Phi) is 18.2. The first-order chi connectivity index (χ1) is 19.4. The number of amides is 1. The van der Waals surface area contributed by atoms with Gasteiger partial charge in [-0.3, -0.25) is 4.79 Å². The monoisotopic (exact) mass is 589 g/mol. The van der Waals surface area contributed by atoms with Gasteiger partial charge in [0.2, 0.25) is 5.91 Å². The summed E-state index contributed by atoms with van der Waals surface area (Å²) in [7, 11) is -3.96. The third-order valence-corrected chi connectivity index (χ3v) is 9.00. The molecule has 0 saturated heterocycles. The van der Waals surface area contributed by atoms with E-state index in [1.165, 1.54) is 25.7 Å². The number of carbonyl (C=O) groups excluding carboxylic acids is 1. The van der Waals surface area contributed by atoms with E-state index >= 15 is 0 Å². The maximum Gasteiger partial charge on any atom is 0.264 e. The number of aliphatic hydroxyl groups is 1. The molecule has 6 heteroatoms. The molecule has 0 aromatic heterocycles. The molecule has 0 aliphatic rings. The van der Waals surface area contributed by atoms with Crippen molar-refractivity contribution in [3.05, 3.63) is 53.1 Å². The lowest BCUT2D eigenvalue weighted by Gasteiger charge is -2.22. The molecule has 41 heavy (non-hydrogen) atoms. The molecule has 1 amide bonds. The highest BCUT2D eigenvalue weighted by Crippen LogP contribution is 2.35. The molecule has 1 aromatic rings. The minimum Gasteiger partial charge on any atom is -0.389 e. The maximum atomic E-state index is 13.4. The van der Waals surface area contributed by atoms with E-state index in [1.54, 1.807) is 0 Å². The van der Waals surface area contributed by atoms with Crippen LogP contribution in [0, 0.1) is 0 Å². The van der Waals surface area contributed by atoms with Crippen LogP contribution in [0.3, 0.4) is 0 Å². The van der Waals surface area contributed by atoms with Crippen molar-refractivity contribution in [3.8, 4) is 0 Å². The summed E-state index contributed by atoms with van der Waals surface area (Å²) in [5, 5.41) is 9.81. The highest BCUT2D eigenvalue weighted by Gasteiger charge is 2.28. The van der Waals surface area contributed by atoms with Crippen molar-refractivity contribution in [3.63, 3.8) is 0 Å². The summed E-state index contributed by atoms with van der Waals surface area (Å²) in [6.07, 6.45) is 20.8. The van der Waals surface area contributed by atoms with Crippen molar-refractivity contribution in [2.75, 3.05) is 0 Å². The molecule has 0 unspecified atom stereocenters. The van der Waals surface area contributed by atoms with Crippen LogP contribution in [0.15, 0.2) is 41.3 Å². The fourth-order valence-corrected chi connectivity index (χ4v) is 6.60. The molecule has 1 aromatic carbocycles. The second kappa shape index (κ2) is 20.1. The SMILES string of the molecule is CCCC[C@@H](O)/C=C\CCCCCCC/C=C\CCCC(=O)NS(=O)(=O)c1c(C(C)C)cc(C(C)C)cc1C(C)C. The summed E-state index contributed by atoms with van der Waals surface area (Å²) in [4.78, 5) is 12.9. The predicted molar refractivity (Wildman–Crippen MR) is 174 cm³/mol. The molecular formula is C35H59NO4S. The van der Waals surface area contributed by atoms with Gasteiger partial charge in [0.1, 0.15) is 0 Å². The topological polar surface area (TPSA) is 83.5 Å². The van der Waals surface area contributed by atoms with Gasteiger partial charge in [-0.05, 0) is 79.4 Å². The van der Waals surface area contributed by atoms with E-state index in [0.717, 1.165) is 61.6 Å². The van der Waals surface area contributed by atoms with Crippen molar-refractivity contribution < 1.29 is 18.3 Å². The lowest BCUT2D eigenvalue weighted by atomic mass is 9.89. The van der Waals surface area contributed by atoms with Gasteiger partial charge in [0.25, 0.3) is 10.0 Å². The molecule has 1 rings (SSSR count). The van der Waals surface area contributed by atoms with Crippen LogP contribution in [-0.4, -0.2) is 25.5 Å². The van der Waals surface area contributed by atoms with Gasteiger partial charge < -0.3 is 5.11 Å². The molecule has 2 N–H and O–H groups in total. The van der Waals surface area contributed by atoms with E-state index in [4.69, 9.17) is 0 Å². The molecule has 0 fully saturated rings. The fraction of sp³-hybridized carbons (Fsp3) is 0.686. The number of nitrogens with one attached hydrogen (secondary N) is 1. The molecule has 0 aliphatic heterocycles. The van der Waals surface area contributed by atoms with Crippen molar-refractivity contribution in [2.45, 2.75) is 161 Å². The predicted octanol–water partition coefficient (Wildman–Crippen LogP) is 9.43. The van der Waals surface area contributed by atoms with Gasteiger partial charge in [-0.1, -0.05) is 117 Å². The molecule has 0 heterocycles. The number of carbonyl (C=O) groups is 1. The molecule has 1 atom stereocenters. The van der Waals surface area contributed by atoms with Crippen LogP contribution in [0.2, 0.25) is 0 Å². The normalized spacial score (nSPS) is 13.3. The molecule has 0 bridgehead atoms. The van der Waals surface area contributed by atoms with E-state index in [0.29, 0.717) is 12.3 Å². The van der Waals surface area contributed by atoms with E-state index in [9.17, 15) is 18.3 Å². The Morgan fingerprint density at radius 3 is 1.80 bits per heavy atom. The number of rotatable bonds is 21.